The van der Waals surface area contributed by atoms with Crippen LogP contribution in [0.25, 0.3) is 0 Å². The number of piperazine rings is 1. The van der Waals surface area contributed by atoms with Crippen molar-refractivity contribution >= 4 is 12.0 Å². The van der Waals surface area contributed by atoms with Gasteiger partial charge in [0.25, 0.3) is 0 Å². The van der Waals surface area contributed by atoms with Gasteiger partial charge >= 0.3 is 6.09 Å². The van der Waals surface area contributed by atoms with E-state index in [2.05, 4.69) is 10.2 Å². The summed E-state index contributed by atoms with van der Waals surface area (Å²) in [5.74, 6) is 0.173. The molecule has 2 saturated heterocycles. The highest BCUT2D eigenvalue weighted by atomic mass is 16.6. The molecule has 8 heteroatoms. The van der Waals surface area contributed by atoms with Gasteiger partial charge < -0.3 is 24.6 Å². The number of hydrogen-bond acceptors (Lipinski definition) is 6. The van der Waals surface area contributed by atoms with E-state index >= 15 is 0 Å². The predicted octanol–water partition coefficient (Wildman–Crippen LogP) is 0.766. The molecule has 2 rings (SSSR count). The number of hydrogen-bond donors (Lipinski definition) is 1. The van der Waals surface area contributed by atoms with Gasteiger partial charge in [-0.15, -0.1) is 0 Å². The summed E-state index contributed by atoms with van der Waals surface area (Å²) >= 11 is 0. The minimum absolute atomic E-state index is 0.148. The van der Waals surface area contributed by atoms with Crippen LogP contribution in [0.2, 0.25) is 0 Å². The summed E-state index contributed by atoms with van der Waals surface area (Å²) < 4.78 is 10.8. The standard InChI is InChI=1S/C19H36N4O4/c1-5-22(18(25)27-19(2,3)4)9-6-8-21-10-7-20-16(15-21)17(24)23-11-13-26-14-12-23/h16,20H,5-15H2,1-4H3. The van der Waals surface area contributed by atoms with Gasteiger partial charge in [-0.05, 0) is 40.7 Å². The van der Waals surface area contributed by atoms with Crippen LogP contribution in [0.3, 0.4) is 0 Å². The van der Waals surface area contributed by atoms with E-state index in [4.69, 9.17) is 9.47 Å². The molecular weight excluding hydrogens is 348 g/mol. The SMILES string of the molecule is CCN(CCCN1CCNC(C(=O)N2CCOCC2)C1)C(=O)OC(C)(C)C. The van der Waals surface area contributed by atoms with Gasteiger partial charge in [0.2, 0.25) is 5.91 Å². The first-order chi connectivity index (χ1) is 12.8. The van der Waals surface area contributed by atoms with Gasteiger partial charge in [0.1, 0.15) is 5.60 Å². The maximum absolute atomic E-state index is 12.7. The summed E-state index contributed by atoms with van der Waals surface area (Å²) in [4.78, 5) is 30.8. The topological polar surface area (TPSA) is 74.4 Å². The number of carbonyl (C=O) groups excluding carboxylic acids is 2. The Morgan fingerprint density at radius 3 is 2.56 bits per heavy atom. The normalized spacial score (nSPS) is 21.8. The third-order valence-electron chi connectivity index (χ3n) is 4.82. The molecule has 0 aliphatic carbocycles. The van der Waals surface area contributed by atoms with Crippen molar-refractivity contribution in [2.45, 2.75) is 45.8 Å². The van der Waals surface area contributed by atoms with Crippen LogP contribution in [0.15, 0.2) is 0 Å². The quantitative estimate of drug-likeness (QED) is 0.729. The number of nitrogens with zero attached hydrogens (tertiary/aromatic N) is 3. The Balaban J connectivity index is 1.74. The van der Waals surface area contributed by atoms with Crippen molar-refractivity contribution in [2.75, 3.05) is 65.6 Å². The molecule has 0 aromatic heterocycles. The van der Waals surface area contributed by atoms with Gasteiger partial charge in [-0.1, -0.05) is 0 Å². The van der Waals surface area contributed by atoms with E-state index in [1.165, 1.54) is 0 Å². The summed E-state index contributed by atoms with van der Waals surface area (Å²) in [6.07, 6.45) is 0.608. The first-order valence-electron chi connectivity index (χ1n) is 10.1. The molecule has 0 aromatic carbocycles. The lowest BCUT2D eigenvalue weighted by molar-refractivity contribution is -0.138. The van der Waals surface area contributed by atoms with E-state index in [9.17, 15) is 9.59 Å². The molecule has 2 amide bonds. The van der Waals surface area contributed by atoms with Gasteiger partial charge in [0, 0.05) is 45.8 Å². The molecule has 1 atom stereocenters. The van der Waals surface area contributed by atoms with Gasteiger partial charge in [-0.25, -0.2) is 4.79 Å². The summed E-state index contributed by atoms with van der Waals surface area (Å²) in [7, 11) is 0. The Morgan fingerprint density at radius 1 is 1.22 bits per heavy atom. The number of nitrogens with one attached hydrogen (secondary N) is 1. The molecular formula is C19H36N4O4. The minimum Gasteiger partial charge on any atom is -0.444 e. The van der Waals surface area contributed by atoms with Crippen LogP contribution in [0.4, 0.5) is 4.79 Å². The van der Waals surface area contributed by atoms with Crippen molar-refractivity contribution in [1.82, 2.24) is 20.0 Å². The lowest BCUT2D eigenvalue weighted by Gasteiger charge is -2.37. The Bertz CT molecular complexity index is 489. The molecule has 2 heterocycles. The molecule has 27 heavy (non-hydrogen) atoms. The lowest BCUT2D eigenvalue weighted by atomic mass is 10.1. The molecule has 2 aliphatic rings. The van der Waals surface area contributed by atoms with Crippen LogP contribution in [-0.2, 0) is 14.3 Å². The predicted molar refractivity (Wildman–Crippen MR) is 104 cm³/mol. The van der Waals surface area contributed by atoms with Crippen LogP contribution < -0.4 is 5.32 Å². The molecule has 1 unspecified atom stereocenters. The van der Waals surface area contributed by atoms with Crippen molar-refractivity contribution in [3.8, 4) is 0 Å². The van der Waals surface area contributed by atoms with Crippen LogP contribution in [0, 0.1) is 0 Å². The summed E-state index contributed by atoms with van der Waals surface area (Å²) in [5.41, 5.74) is -0.476. The second-order valence-corrected chi connectivity index (χ2v) is 8.16. The third-order valence-corrected chi connectivity index (χ3v) is 4.82. The van der Waals surface area contributed by atoms with Crippen molar-refractivity contribution in [2.24, 2.45) is 0 Å². The van der Waals surface area contributed by atoms with E-state index in [-0.39, 0.29) is 18.0 Å². The van der Waals surface area contributed by atoms with E-state index < -0.39 is 5.60 Å². The Morgan fingerprint density at radius 2 is 1.93 bits per heavy atom. The molecule has 2 aliphatic heterocycles. The van der Waals surface area contributed by atoms with Crippen molar-refractivity contribution < 1.29 is 19.1 Å². The molecule has 0 spiro atoms. The fourth-order valence-corrected chi connectivity index (χ4v) is 3.37. The fourth-order valence-electron chi connectivity index (χ4n) is 3.37. The largest absolute Gasteiger partial charge is 0.444 e. The van der Waals surface area contributed by atoms with Crippen molar-refractivity contribution in [3.63, 3.8) is 0 Å². The highest BCUT2D eigenvalue weighted by Crippen LogP contribution is 2.11. The molecule has 0 radical (unpaired) electrons. The summed E-state index contributed by atoms with van der Waals surface area (Å²) in [5, 5.41) is 3.34. The second kappa shape index (κ2) is 10.2. The first-order valence-corrected chi connectivity index (χ1v) is 10.1. The number of amides is 2. The Kier molecular flexibility index (Phi) is 8.31. The second-order valence-electron chi connectivity index (χ2n) is 8.16. The van der Waals surface area contributed by atoms with E-state index in [0.717, 1.165) is 32.6 Å². The van der Waals surface area contributed by atoms with Crippen LogP contribution in [0.5, 0.6) is 0 Å². The highest BCUT2D eigenvalue weighted by Gasteiger charge is 2.29. The number of ether oxygens (including phenoxy) is 2. The van der Waals surface area contributed by atoms with Gasteiger partial charge in [-0.2, -0.15) is 0 Å². The maximum atomic E-state index is 12.7. The number of carbonyl (C=O) groups is 2. The monoisotopic (exact) mass is 384 g/mol. The Labute approximate surface area is 163 Å². The van der Waals surface area contributed by atoms with E-state index in [1.807, 2.05) is 32.6 Å². The van der Waals surface area contributed by atoms with Crippen LogP contribution in [-0.4, -0.2) is 104 Å². The number of morpholine rings is 1. The zero-order valence-corrected chi connectivity index (χ0v) is 17.3. The minimum atomic E-state index is -0.476. The first kappa shape index (κ1) is 21.9. The van der Waals surface area contributed by atoms with Crippen LogP contribution >= 0.6 is 0 Å². The number of rotatable bonds is 6. The van der Waals surface area contributed by atoms with Gasteiger partial charge in [-0.3, -0.25) is 9.69 Å². The average Bonchev–Trinajstić information content (AvgIpc) is 2.64. The third kappa shape index (κ3) is 7.27. The van der Waals surface area contributed by atoms with Gasteiger partial charge in [0.15, 0.2) is 0 Å². The Hall–Kier alpha value is -1.38. The summed E-state index contributed by atoms with van der Waals surface area (Å²) in [6, 6.07) is -0.148. The molecule has 8 nitrogen and oxygen atoms in total. The van der Waals surface area contributed by atoms with E-state index in [1.54, 1.807) is 4.90 Å². The molecule has 2 fully saturated rings. The summed E-state index contributed by atoms with van der Waals surface area (Å²) in [6.45, 7) is 14.8. The zero-order valence-electron chi connectivity index (χ0n) is 17.3. The smallest absolute Gasteiger partial charge is 0.410 e. The highest BCUT2D eigenvalue weighted by molar-refractivity contribution is 5.82. The average molecular weight is 385 g/mol. The van der Waals surface area contributed by atoms with Crippen molar-refractivity contribution in [1.29, 1.82) is 0 Å². The molecule has 156 valence electrons. The molecule has 1 N–H and O–H groups in total. The molecule has 0 saturated carbocycles. The maximum Gasteiger partial charge on any atom is 0.410 e. The fraction of sp³-hybridized carbons (Fsp3) is 0.895. The van der Waals surface area contributed by atoms with Gasteiger partial charge in [0.05, 0.1) is 19.3 Å². The van der Waals surface area contributed by atoms with Crippen molar-refractivity contribution in [3.05, 3.63) is 0 Å². The van der Waals surface area contributed by atoms with Crippen LogP contribution in [0.1, 0.15) is 34.1 Å². The lowest BCUT2D eigenvalue weighted by Crippen LogP contribution is -2.59. The van der Waals surface area contributed by atoms with E-state index in [0.29, 0.717) is 39.4 Å². The molecule has 0 bridgehead atoms. The zero-order chi connectivity index (χ0) is 19.9. The molecule has 0 aromatic rings.